The van der Waals surface area contributed by atoms with Crippen molar-refractivity contribution >= 4 is 27.5 Å². The number of benzene rings is 2. The van der Waals surface area contributed by atoms with Gasteiger partial charge in [0.15, 0.2) is 11.5 Å². The summed E-state index contributed by atoms with van der Waals surface area (Å²) in [5.74, 6) is 1.45. The molecular formula is C25H30ClN3O6S. The largest absolute Gasteiger partial charge is 0.495 e. The zero-order valence-corrected chi connectivity index (χ0v) is 21.8. The first-order valence-corrected chi connectivity index (χ1v) is 13.9. The number of piperazine rings is 1. The maximum absolute atomic E-state index is 13.4. The predicted octanol–water partition coefficient (Wildman–Crippen LogP) is 2.82. The molecule has 194 valence electrons. The molecule has 0 aromatic heterocycles. The van der Waals surface area contributed by atoms with E-state index in [-0.39, 0.29) is 35.8 Å². The van der Waals surface area contributed by atoms with Crippen LogP contribution in [0.5, 0.6) is 17.2 Å². The fourth-order valence-electron chi connectivity index (χ4n) is 5.04. The number of halogens is 1. The van der Waals surface area contributed by atoms with Crippen molar-refractivity contribution in [3.8, 4) is 17.2 Å². The summed E-state index contributed by atoms with van der Waals surface area (Å²) in [6, 6.07) is 10.5. The third-order valence-corrected chi connectivity index (χ3v) is 9.13. The lowest BCUT2D eigenvalue weighted by atomic mass is 9.97. The van der Waals surface area contributed by atoms with E-state index >= 15 is 0 Å². The Morgan fingerprint density at radius 2 is 1.83 bits per heavy atom. The van der Waals surface area contributed by atoms with Gasteiger partial charge in [0.25, 0.3) is 0 Å². The Morgan fingerprint density at radius 1 is 1.06 bits per heavy atom. The zero-order valence-electron chi connectivity index (χ0n) is 20.2. The van der Waals surface area contributed by atoms with E-state index < -0.39 is 10.0 Å². The predicted molar refractivity (Wildman–Crippen MR) is 134 cm³/mol. The van der Waals surface area contributed by atoms with Crippen molar-refractivity contribution < 1.29 is 27.4 Å². The summed E-state index contributed by atoms with van der Waals surface area (Å²) in [4.78, 5) is 17.6. The molecule has 3 aliphatic heterocycles. The first-order chi connectivity index (χ1) is 17.3. The molecule has 5 rings (SSSR count). The number of piperidine rings is 1. The van der Waals surface area contributed by atoms with Crippen molar-refractivity contribution in [1.82, 2.24) is 14.1 Å². The number of sulfonamides is 1. The molecule has 36 heavy (non-hydrogen) atoms. The van der Waals surface area contributed by atoms with Gasteiger partial charge in [0.05, 0.1) is 13.0 Å². The van der Waals surface area contributed by atoms with E-state index in [1.807, 2.05) is 23.1 Å². The smallest absolute Gasteiger partial charge is 0.246 e. The fourth-order valence-corrected chi connectivity index (χ4v) is 6.98. The number of hydrogen-bond donors (Lipinski definition) is 0. The van der Waals surface area contributed by atoms with E-state index in [2.05, 4.69) is 4.90 Å². The molecule has 1 atom stereocenters. The number of nitrogens with zero attached hydrogens (tertiary/aromatic N) is 3. The Kier molecular flexibility index (Phi) is 7.30. The number of fused-ring (bicyclic) bond motifs is 1. The standard InChI is InChI=1S/C25H30ClN3O6S/c1-33-22-7-5-20(26)14-24(22)36(31,32)29-8-2-3-19(16-29)25(30)28-11-9-27(10-12-28)15-18-4-6-21-23(13-18)35-17-34-21/h4-7,13-14,19H,2-3,8-12,15-17H2,1H3/t19-/m1/s1. The molecule has 2 aromatic carbocycles. The van der Waals surface area contributed by atoms with Crippen molar-refractivity contribution in [2.45, 2.75) is 24.3 Å². The van der Waals surface area contributed by atoms with Crippen molar-refractivity contribution in [2.24, 2.45) is 5.92 Å². The summed E-state index contributed by atoms with van der Waals surface area (Å²) in [6.45, 7) is 4.31. The van der Waals surface area contributed by atoms with Crippen LogP contribution in [-0.4, -0.2) is 81.6 Å². The lowest BCUT2D eigenvalue weighted by Gasteiger charge is -2.38. The molecule has 0 aliphatic carbocycles. The average Bonchev–Trinajstić information content (AvgIpc) is 3.37. The number of rotatable bonds is 6. The molecule has 2 fully saturated rings. The van der Waals surface area contributed by atoms with Gasteiger partial charge in [-0.25, -0.2) is 8.42 Å². The third-order valence-electron chi connectivity index (χ3n) is 7.00. The highest BCUT2D eigenvalue weighted by molar-refractivity contribution is 7.89. The highest BCUT2D eigenvalue weighted by atomic mass is 35.5. The fraction of sp³-hybridized carbons (Fsp3) is 0.480. The number of methoxy groups -OCH3 is 1. The van der Waals surface area contributed by atoms with Crippen molar-refractivity contribution in [1.29, 1.82) is 0 Å². The minimum absolute atomic E-state index is 0.0238. The molecule has 0 bridgehead atoms. The molecule has 11 heteroatoms. The molecule has 3 heterocycles. The number of hydrogen-bond acceptors (Lipinski definition) is 7. The second-order valence-electron chi connectivity index (χ2n) is 9.29. The molecule has 0 spiro atoms. The molecule has 3 aliphatic rings. The van der Waals surface area contributed by atoms with Crippen LogP contribution in [0, 0.1) is 5.92 Å². The van der Waals surface area contributed by atoms with Gasteiger partial charge in [-0.1, -0.05) is 17.7 Å². The number of carbonyl (C=O) groups excluding carboxylic acids is 1. The Hall–Kier alpha value is -2.53. The van der Waals surface area contributed by atoms with Gasteiger partial charge in [0, 0.05) is 50.8 Å². The summed E-state index contributed by atoms with van der Waals surface area (Å²) < 4.78 is 44.3. The normalized spacial score (nSPS) is 20.9. The van der Waals surface area contributed by atoms with Crippen LogP contribution in [0.2, 0.25) is 5.02 Å². The van der Waals surface area contributed by atoms with Gasteiger partial charge >= 0.3 is 0 Å². The summed E-state index contributed by atoms with van der Waals surface area (Å²) in [5, 5.41) is 0.317. The van der Waals surface area contributed by atoms with E-state index in [0.29, 0.717) is 37.5 Å². The second kappa shape index (κ2) is 10.5. The Morgan fingerprint density at radius 3 is 2.61 bits per heavy atom. The van der Waals surface area contributed by atoms with Crippen LogP contribution >= 0.6 is 11.6 Å². The summed E-state index contributed by atoms with van der Waals surface area (Å²) in [6.07, 6.45) is 1.30. The van der Waals surface area contributed by atoms with Crippen molar-refractivity contribution in [3.05, 3.63) is 47.0 Å². The SMILES string of the molecule is COc1ccc(Cl)cc1S(=O)(=O)N1CCC[C@@H](C(=O)N2CCN(Cc3ccc4c(c3)OCO4)CC2)C1. The second-order valence-corrected chi connectivity index (χ2v) is 11.6. The molecule has 0 N–H and O–H groups in total. The molecule has 0 saturated carbocycles. The summed E-state index contributed by atoms with van der Waals surface area (Å²) in [7, 11) is -2.42. The van der Waals surface area contributed by atoms with E-state index in [1.54, 1.807) is 12.1 Å². The van der Waals surface area contributed by atoms with Crippen LogP contribution in [0.25, 0.3) is 0 Å². The van der Waals surface area contributed by atoms with Crippen molar-refractivity contribution in [2.75, 3.05) is 53.2 Å². The Balaban J connectivity index is 1.19. The molecule has 2 saturated heterocycles. The quantitative estimate of drug-likeness (QED) is 0.562. The van der Waals surface area contributed by atoms with Gasteiger partial charge < -0.3 is 19.1 Å². The number of amides is 1. The van der Waals surface area contributed by atoms with Crippen LogP contribution in [0.15, 0.2) is 41.3 Å². The van der Waals surface area contributed by atoms with Gasteiger partial charge in [-0.2, -0.15) is 4.31 Å². The minimum Gasteiger partial charge on any atom is -0.495 e. The first kappa shape index (κ1) is 25.1. The number of ether oxygens (including phenoxy) is 3. The van der Waals surface area contributed by atoms with Gasteiger partial charge in [-0.05, 0) is 48.7 Å². The van der Waals surface area contributed by atoms with Gasteiger partial charge in [-0.15, -0.1) is 0 Å². The van der Waals surface area contributed by atoms with Gasteiger partial charge in [0.2, 0.25) is 22.7 Å². The van der Waals surface area contributed by atoms with Crippen LogP contribution in [-0.2, 0) is 21.4 Å². The topological polar surface area (TPSA) is 88.6 Å². The lowest BCUT2D eigenvalue weighted by molar-refractivity contribution is -0.138. The monoisotopic (exact) mass is 535 g/mol. The molecule has 1 amide bonds. The maximum atomic E-state index is 13.4. The lowest BCUT2D eigenvalue weighted by Crippen LogP contribution is -2.52. The van der Waals surface area contributed by atoms with E-state index in [0.717, 1.165) is 36.7 Å². The van der Waals surface area contributed by atoms with Crippen LogP contribution < -0.4 is 14.2 Å². The Labute approximate surface area is 216 Å². The van der Waals surface area contributed by atoms with Crippen molar-refractivity contribution in [3.63, 3.8) is 0 Å². The zero-order chi connectivity index (χ0) is 25.3. The highest BCUT2D eigenvalue weighted by Gasteiger charge is 2.37. The molecule has 0 radical (unpaired) electrons. The molecule has 0 unspecified atom stereocenters. The van der Waals surface area contributed by atoms with Crippen LogP contribution in [0.3, 0.4) is 0 Å². The molecule has 9 nitrogen and oxygen atoms in total. The van der Waals surface area contributed by atoms with E-state index in [1.165, 1.54) is 17.5 Å². The van der Waals surface area contributed by atoms with E-state index in [4.69, 9.17) is 25.8 Å². The van der Waals surface area contributed by atoms with Gasteiger partial charge in [0.1, 0.15) is 10.6 Å². The summed E-state index contributed by atoms with van der Waals surface area (Å²) >= 11 is 6.07. The maximum Gasteiger partial charge on any atom is 0.246 e. The number of carbonyl (C=O) groups is 1. The first-order valence-electron chi connectivity index (χ1n) is 12.1. The van der Waals surface area contributed by atoms with Gasteiger partial charge in [-0.3, -0.25) is 9.69 Å². The minimum atomic E-state index is -3.85. The molecular weight excluding hydrogens is 506 g/mol. The van der Waals surface area contributed by atoms with E-state index in [9.17, 15) is 13.2 Å². The third kappa shape index (κ3) is 5.13. The Bertz CT molecular complexity index is 1230. The molecule has 2 aromatic rings. The van der Waals surface area contributed by atoms with Crippen LogP contribution in [0.4, 0.5) is 0 Å². The average molecular weight is 536 g/mol. The summed E-state index contributed by atoms with van der Waals surface area (Å²) in [5.41, 5.74) is 1.14. The highest BCUT2D eigenvalue weighted by Crippen LogP contribution is 2.34. The van der Waals surface area contributed by atoms with Crippen LogP contribution in [0.1, 0.15) is 18.4 Å².